The minimum absolute atomic E-state index is 0.121. The number of ether oxygens (including phenoxy) is 2. The Balaban J connectivity index is 2.29. The van der Waals surface area contributed by atoms with Crippen molar-refractivity contribution in [3.8, 4) is 11.5 Å². The highest BCUT2D eigenvalue weighted by Gasteiger charge is 1.96. The highest BCUT2D eigenvalue weighted by molar-refractivity contribution is 8.13. The van der Waals surface area contributed by atoms with Crippen LogP contribution in [0.2, 0.25) is 0 Å². The van der Waals surface area contributed by atoms with Gasteiger partial charge in [-0.3, -0.25) is 5.41 Å². The molecule has 0 unspecified atom stereocenters. The molecule has 88 valence electrons. The van der Waals surface area contributed by atoms with E-state index in [2.05, 4.69) is 0 Å². The molecule has 0 saturated heterocycles. The van der Waals surface area contributed by atoms with Crippen LogP contribution in [-0.2, 0) is 0 Å². The molecule has 5 heteroatoms. The van der Waals surface area contributed by atoms with Crippen LogP contribution in [0.1, 0.15) is 6.92 Å². The molecule has 0 radical (unpaired) electrons. The Morgan fingerprint density at radius 2 is 1.81 bits per heavy atom. The van der Waals surface area contributed by atoms with E-state index in [0.717, 1.165) is 11.5 Å². The van der Waals surface area contributed by atoms with E-state index in [-0.39, 0.29) is 5.17 Å². The summed E-state index contributed by atoms with van der Waals surface area (Å²) in [5, 5.41) is 7.14. The van der Waals surface area contributed by atoms with Crippen molar-refractivity contribution >= 4 is 16.9 Å². The van der Waals surface area contributed by atoms with Crippen LogP contribution >= 0.6 is 11.8 Å². The molecule has 0 bridgehead atoms. The second kappa shape index (κ2) is 7.00. The maximum absolute atomic E-state index is 7.02. The smallest absolute Gasteiger partial charge is 0.151 e. The van der Waals surface area contributed by atoms with Crippen LogP contribution in [-0.4, -0.2) is 24.1 Å². The topological polar surface area (TPSA) is 68.3 Å². The molecule has 0 aliphatic rings. The predicted molar refractivity (Wildman–Crippen MR) is 67.5 cm³/mol. The van der Waals surface area contributed by atoms with E-state index >= 15 is 0 Å². The lowest BCUT2D eigenvalue weighted by Gasteiger charge is -2.07. The van der Waals surface area contributed by atoms with Crippen molar-refractivity contribution in [2.24, 2.45) is 5.73 Å². The first-order valence-electron chi connectivity index (χ1n) is 5.05. The molecular formula is C11H16N2O2S. The summed E-state index contributed by atoms with van der Waals surface area (Å²) in [5.74, 6) is 2.32. The minimum Gasteiger partial charge on any atom is -0.494 e. The SMILES string of the molecule is CCOc1ccc(OCCSC(=N)N)cc1. The zero-order valence-electron chi connectivity index (χ0n) is 9.23. The van der Waals surface area contributed by atoms with Gasteiger partial charge < -0.3 is 15.2 Å². The fourth-order valence-corrected chi connectivity index (χ4v) is 1.50. The molecule has 1 aromatic rings. The number of thioether (sulfide) groups is 1. The second-order valence-corrected chi connectivity index (χ2v) is 4.10. The van der Waals surface area contributed by atoms with Crippen LogP contribution in [0, 0.1) is 5.41 Å². The van der Waals surface area contributed by atoms with Crippen LogP contribution in [0.5, 0.6) is 11.5 Å². The first-order valence-corrected chi connectivity index (χ1v) is 6.03. The van der Waals surface area contributed by atoms with Gasteiger partial charge in [0.15, 0.2) is 5.17 Å². The van der Waals surface area contributed by atoms with Gasteiger partial charge in [0, 0.05) is 5.75 Å². The van der Waals surface area contributed by atoms with E-state index in [4.69, 9.17) is 20.6 Å². The zero-order valence-corrected chi connectivity index (χ0v) is 10.0. The van der Waals surface area contributed by atoms with Crippen molar-refractivity contribution in [3.05, 3.63) is 24.3 Å². The summed E-state index contributed by atoms with van der Waals surface area (Å²) in [7, 11) is 0. The van der Waals surface area contributed by atoms with Gasteiger partial charge in [-0.05, 0) is 31.2 Å². The van der Waals surface area contributed by atoms with Crippen molar-refractivity contribution in [2.75, 3.05) is 19.0 Å². The molecule has 4 nitrogen and oxygen atoms in total. The van der Waals surface area contributed by atoms with Crippen LogP contribution in [0.25, 0.3) is 0 Å². The summed E-state index contributed by atoms with van der Waals surface area (Å²) in [6, 6.07) is 7.47. The summed E-state index contributed by atoms with van der Waals surface area (Å²) in [6.07, 6.45) is 0. The lowest BCUT2D eigenvalue weighted by molar-refractivity contribution is 0.332. The van der Waals surface area contributed by atoms with Crippen molar-refractivity contribution in [1.82, 2.24) is 0 Å². The molecule has 1 rings (SSSR count). The Hall–Kier alpha value is -1.36. The predicted octanol–water partition coefficient (Wildman–Crippen LogP) is 2.09. The number of rotatable bonds is 6. The number of hydrogen-bond acceptors (Lipinski definition) is 4. The van der Waals surface area contributed by atoms with E-state index in [1.165, 1.54) is 11.8 Å². The van der Waals surface area contributed by atoms with Gasteiger partial charge in [-0.25, -0.2) is 0 Å². The molecule has 0 heterocycles. The van der Waals surface area contributed by atoms with Gasteiger partial charge in [-0.2, -0.15) is 0 Å². The average molecular weight is 240 g/mol. The number of nitrogens with two attached hydrogens (primary N) is 1. The fraction of sp³-hybridized carbons (Fsp3) is 0.364. The monoisotopic (exact) mass is 240 g/mol. The molecule has 0 saturated carbocycles. The largest absolute Gasteiger partial charge is 0.494 e. The van der Waals surface area contributed by atoms with E-state index in [1.54, 1.807) is 0 Å². The molecule has 3 N–H and O–H groups in total. The third-order valence-electron chi connectivity index (χ3n) is 1.74. The van der Waals surface area contributed by atoms with E-state index < -0.39 is 0 Å². The van der Waals surface area contributed by atoms with Crippen molar-refractivity contribution in [1.29, 1.82) is 5.41 Å². The molecule has 16 heavy (non-hydrogen) atoms. The molecule has 0 aromatic heterocycles. The van der Waals surface area contributed by atoms with Crippen LogP contribution in [0.3, 0.4) is 0 Å². The number of hydrogen-bond donors (Lipinski definition) is 2. The fourth-order valence-electron chi connectivity index (χ4n) is 1.11. The number of benzene rings is 1. The highest BCUT2D eigenvalue weighted by Crippen LogP contribution is 2.17. The Bertz CT molecular complexity index is 327. The summed E-state index contributed by atoms with van der Waals surface area (Å²) in [5.41, 5.74) is 5.20. The van der Waals surface area contributed by atoms with Gasteiger partial charge in [-0.15, -0.1) is 0 Å². The van der Waals surface area contributed by atoms with Gasteiger partial charge in [0.1, 0.15) is 11.5 Å². The number of amidine groups is 1. The highest BCUT2D eigenvalue weighted by atomic mass is 32.2. The third kappa shape index (κ3) is 4.93. The van der Waals surface area contributed by atoms with Gasteiger partial charge in [0.25, 0.3) is 0 Å². The van der Waals surface area contributed by atoms with Gasteiger partial charge in [-0.1, -0.05) is 11.8 Å². The van der Waals surface area contributed by atoms with Crippen LogP contribution in [0.4, 0.5) is 0 Å². The zero-order chi connectivity index (χ0) is 11.8. The molecule has 0 aliphatic heterocycles. The molecule has 0 amide bonds. The quantitative estimate of drug-likeness (QED) is 0.454. The normalized spacial score (nSPS) is 9.81. The third-order valence-corrected chi connectivity index (χ3v) is 2.43. The number of nitrogens with one attached hydrogen (secondary N) is 1. The molecule has 1 aromatic carbocycles. The molecule has 0 aliphatic carbocycles. The first-order chi connectivity index (χ1) is 7.72. The van der Waals surface area contributed by atoms with Crippen molar-refractivity contribution < 1.29 is 9.47 Å². The average Bonchev–Trinajstić information content (AvgIpc) is 2.27. The van der Waals surface area contributed by atoms with Crippen molar-refractivity contribution in [2.45, 2.75) is 6.92 Å². The molecule has 0 fully saturated rings. The van der Waals surface area contributed by atoms with Gasteiger partial charge in [0.2, 0.25) is 0 Å². The lowest BCUT2D eigenvalue weighted by Crippen LogP contribution is -2.08. The Kier molecular flexibility index (Phi) is 5.56. The maximum atomic E-state index is 7.02. The summed E-state index contributed by atoms with van der Waals surface area (Å²) in [6.45, 7) is 3.15. The van der Waals surface area contributed by atoms with E-state index in [0.29, 0.717) is 19.0 Å². The molecular weight excluding hydrogens is 224 g/mol. The van der Waals surface area contributed by atoms with Gasteiger partial charge >= 0.3 is 0 Å². The Labute approximate surface area is 99.6 Å². The Morgan fingerprint density at radius 3 is 2.31 bits per heavy atom. The summed E-state index contributed by atoms with van der Waals surface area (Å²) in [4.78, 5) is 0. The maximum Gasteiger partial charge on any atom is 0.151 e. The minimum atomic E-state index is 0.121. The van der Waals surface area contributed by atoms with E-state index in [9.17, 15) is 0 Å². The Morgan fingerprint density at radius 1 is 1.25 bits per heavy atom. The standard InChI is InChI=1S/C11H16N2O2S/c1-2-14-9-3-5-10(6-4-9)15-7-8-16-11(12)13/h3-6H,2,7-8H2,1H3,(H3,12,13). The van der Waals surface area contributed by atoms with Crippen molar-refractivity contribution in [3.63, 3.8) is 0 Å². The van der Waals surface area contributed by atoms with E-state index in [1.807, 2.05) is 31.2 Å². The second-order valence-electron chi connectivity index (χ2n) is 2.97. The van der Waals surface area contributed by atoms with Gasteiger partial charge in [0.05, 0.1) is 13.2 Å². The van der Waals surface area contributed by atoms with Crippen LogP contribution in [0.15, 0.2) is 24.3 Å². The molecule has 0 atom stereocenters. The summed E-state index contributed by atoms with van der Waals surface area (Å²) < 4.78 is 10.8. The van der Waals surface area contributed by atoms with Crippen LogP contribution < -0.4 is 15.2 Å². The summed E-state index contributed by atoms with van der Waals surface area (Å²) >= 11 is 1.27. The lowest BCUT2D eigenvalue weighted by atomic mass is 10.3. The molecule has 0 spiro atoms. The first kappa shape index (κ1) is 12.7.